The van der Waals surface area contributed by atoms with Crippen LogP contribution >= 0.6 is 19.5 Å². The molecule has 0 bridgehead atoms. The van der Waals surface area contributed by atoms with Gasteiger partial charge in [-0.2, -0.15) is 0 Å². The van der Waals surface area contributed by atoms with E-state index in [9.17, 15) is 9.36 Å². The summed E-state index contributed by atoms with van der Waals surface area (Å²) in [5.41, 5.74) is 6.56. The van der Waals surface area contributed by atoms with Crippen LogP contribution in [0.25, 0.3) is 11.2 Å². The summed E-state index contributed by atoms with van der Waals surface area (Å²) in [6, 6.07) is -0.112. The molecule has 3 atom stereocenters. The highest BCUT2D eigenvalue weighted by atomic mass is 32.2. The second-order valence-electron chi connectivity index (χ2n) is 9.17. The minimum absolute atomic E-state index is 0.0584. The minimum atomic E-state index is -3.56. The maximum atomic E-state index is 13.2. The van der Waals surface area contributed by atoms with Gasteiger partial charge in [-0.3, -0.25) is 18.4 Å². The Kier molecular flexibility index (Phi) is 8.52. The van der Waals surface area contributed by atoms with Crippen LogP contribution in [-0.4, -0.2) is 55.7 Å². The molecule has 3 heterocycles. The number of carbonyl (C=O) groups is 1. The van der Waals surface area contributed by atoms with Crippen molar-refractivity contribution in [3.05, 3.63) is 12.7 Å². The number of rotatable bonds is 10. The standard InChI is InChI=1S/C20H33N6O5PS/c1-13(2)25-32(28,29-8-9-33-19(27)20(3,4)5)30-10-14-6-7-15(31-14)26-12-24-16-17(21)22-11-23-18(16)26/h11-15H,6-10H2,1-5H3,(H,25,28)(H2,21,22,23)/t14-,15+,32?/m1/s1. The normalized spacial score (nSPS) is 21.0. The fourth-order valence-electron chi connectivity index (χ4n) is 3.21. The van der Waals surface area contributed by atoms with Gasteiger partial charge >= 0.3 is 7.75 Å². The summed E-state index contributed by atoms with van der Waals surface area (Å²) in [4.78, 5) is 24.5. The number of nitrogens with two attached hydrogens (primary N) is 1. The summed E-state index contributed by atoms with van der Waals surface area (Å²) in [6.07, 6.45) is 3.91. The van der Waals surface area contributed by atoms with E-state index in [1.54, 1.807) is 6.33 Å². The number of hydrogen-bond donors (Lipinski definition) is 2. The van der Waals surface area contributed by atoms with Crippen molar-refractivity contribution in [1.29, 1.82) is 0 Å². The predicted octanol–water partition coefficient (Wildman–Crippen LogP) is 3.53. The lowest BCUT2D eigenvalue weighted by atomic mass is 10.00. The molecule has 0 spiro atoms. The number of aromatic nitrogens is 4. The molecule has 1 saturated heterocycles. The number of ether oxygens (including phenoxy) is 1. The number of fused-ring (bicyclic) bond motifs is 1. The lowest BCUT2D eigenvalue weighted by Crippen LogP contribution is -2.25. The maximum Gasteiger partial charge on any atom is 0.405 e. The summed E-state index contributed by atoms with van der Waals surface area (Å²) in [6.45, 7) is 9.53. The number of thioether (sulfide) groups is 1. The average Bonchev–Trinajstić information content (AvgIpc) is 3.36. The first kappa shape index (κ1) is 26.1. The van der Waals surface area contributed by atoms with Gasteiger partial charge in [0.25, 0.3) is 0 Å². The zero-order valence-corrected chi connectivity index (χ0v) is 21.4. The van der Waals surface area contributed by atoms with Crippen molar-refractivity contribution >= 4 is 41.6 Å². The Morgan fingerprint density at radius 2 is 2.09 bits per heavy atom. The summed E-state index contributed by atoms with van der Waals surface area (Å²) < 4.78 is 32.4. The van der Waals surface area contributed by atoms with Crippen LogP contribution in [-0.2, 0) is 23.1 Å². The molecule has 0 aliphatic carbocycles. The fourth-order valence-corrected chi connectivity index (χ4v) is 5.67. The third-order valence-corrected chi connectivity index (χ3v) is 7.91. The van der Waals surface area contributed by atoms with Gasteiger partial charge in [0, 0.05) is 17.2 Å². The van der Waals surface area contributed by atoms with Crippen LogP contribution in [0.2, 0.25) is 0 Å². The van der Waals surface area contributed by atoms with Crippen LogP contribution in [0.3, 0.4) is 0 Å². The summed E-state index contributed by atoms with van der Waals surface area (Å²) in [7, 11) is -3.56. The first-order valence-corrected chi connectivity index (χ1v) is 13.4. The number of nitrogen functional groups attached to an aromatic ring is 1. The Morgan fingerprint density at radius 1 is 1.33 bits per heavy atom. The van der Waals surface area contributed by atoms with Crippen molar-refractivity contribution in [2.45, 2.75) is 65.8 Å². The molecular weight excluding hydrogens is 467 g/mol. The van der Waals surface area contributed by atoms with Crippen LogP contribution in [0.4, 0.5) is 5.82 Å². The smallest absolute Gasteiger partial charge is 0.382 e. The van der Waals surface area contributed by atoms with Crippen molar-refractivity contribution < 1.29 is 23.1 Å². The van der Waals surface area contributed by atoms with E-state index in [0.29, 0.717) is 29.2 Å². The van der Waals surface area contributed by atoms with E-state index in [4.69, 9.17) is 19.5 Å². The van der Waals surface area contributed by atoms with Crippen LogP contribution in [0.15, 0.2) is 12.7 Å². The van der Waals surface area contributed by atoms with Gasteiger partial charge in [-0.25, -0.2) is 24.6 Å². The Bertz CT molecular complexity index is 1010. The number of nitrogens with zero attached hydrogens (tertiary/aromatic N) is 4. The molecule has 1 fully saturated rings. The third kappa shape index (κ3) is 6.97. The molecule has 0 radical (unpaired) electrons. The molecule has 3 rings (SSSR count). The van der Waals surface area contributed by atoms with Gasteiger partial charge in [-0.15, -0.1) is 0 Å². The van der Waals surface area contributed by atoms with Crippen molar-refractivity contribution in [1.82, 2.24) is 24.6 Å². The van der Waals surface area contributed by atoms with Crippen molar-refractivity contribution in [3.63, 3.8) is 0 Å². The number of nitrogens with one attached hydrogen (secondary N) is 1. The van der Waals surface area contributed by atoms with E-state index >= 15 is 0 Å². The molecular formula is C20H33N6O5PS. The molecule has 1 unspecified atom stereocenters. The molecule has 0 aromatic carbocycles. The highest BCUT2D eigenvalue weighted by molar-refractivity contribution is 8.13. The van der Waals surface area contributed by atoms with Crippen molar-refractivity contribution in [3.8, 4) is 0 Å². The quantitative estimate of drug-likeness (QED) is 0.365. The highest BCUT2D eigenvalue weighted by Gasteiger charge is 2.33. The highest BCUT2D eigenvalue weighted by Crippen LogP contribution is 2.45. The summed E-state index contributed by atoms with van der Waals surface area (Å²) in [5.74, 6) is 0.709. The molecule has 2 aromatic heterocycles. The molecule has 2 aromatic rings. The number of imidazole rings is 1. The SMILES string of the molecule is CC(C)NP(=O)(OCCSC(=O)C(C)(C)C)OC[C@H]1CC[C@@H](n2cnc3c(N)ncnc32)O1. The van der Waals surface area contributed by atoms with E-state index in [-0.39, 0.29) is 36.7 Å². The van der Waals surface area contributed by atoms with Crippen LogP contribution in [0.5, 0.6) is 0 Å². The van der Waals surface area contributed by atoms with E-state index in [1.807, 2.05) is 39.2 Å². The van der Waals surface area contributed by atoms with E-state index < -0.39 is 13.2 Å². The van der Waals surface area contributed by atoms with Crippen LogP contribution in [0.1, 0.15) is 53.7 Å². The van der Waals surface area contributed by atoms with Crippen LogP contribution in [0, 0.1) is 5.41 Å². The number of anilines is 1. The van der Waals surface area contributed by atoms with Crippen molar-refractivity contribution in [2.75, 3.05) is 24.7 Å². The van der Waals surface area contributed by atoms with Gasteiger partial charge in [0.2, 0.25) is 0 Å². The molecule has 0 saturated carbocycles. The van der Waals surface area contributed by atoms with E-state index in [1.165, 1.54) is 18.1 Å². The topological polar surface area (TPSA) is 143 Å². The van der Waals surface area contributed by atoms with Gasteiger partial charge in [0.15, 0.2) is 16.6 Å². The first-order chi connectivity index (χ1) is 15.5. The predicted molar refractivity (Wildman–Crippen MR) is 128 cm³/mol. The largest absolute Gasteiger partial charge is 0.405 e. The maximum absolute atomic E-state index is 13.2. The average molecular weight is 501 g/mol. The zero-order valence-electron chi connectivity index (χ0n) is 19.7. The molecule has 3 N–H and O–H groups in total. The first-order valence-electron chi connectivity index (χ1n) is 10.9. The van der Waals surface area contributed by atoms with Gasteiger partial charge in [-0.1, -0.05) is 32.5 Å². The number of carbonyl (C=O) groups excluding carboxylic acids is 1. The Balaban J connectivity index is 1.53. The van der Waals surface area contributed by atoms with Gasteiger partial charge in [0.05, 0.1) is 25.6 Å². The third-order valence-electron chi connectivity index (χ3n) is 4.82. The second-order valence-corrected chi connectivity index (χ2v) is 12.0. The minimum Gasteiger partial charge on any atom is -0.382 e. The lowest BCUT2D eigenvalue weighted by Gasteiger charge is -2.23. The van der Waals surface area contributed by atoms with E-state index in [2.05, 4.69) is 20.0 Å². The van der Waals surface area contributed by atoms with E-state index in [0.717, 1.165) is 6.42 Å². The zero-order chi connectivity index (χ0) is 24.2. The summed E-state index contributed by atoms with van der Waals surface area (Å²) in [5, 5.41) is 2.94. The Morgan fingerprint density at radius 3 is 2.79 bits per heavy atom. The molecule has 13 heteroatoms. The Hall–Kier alpha value is -1.56. The molecule has 11 nitrogen and oxygen atoms in total. The second kappa shape index (κ2) is 10.8. The molecule has 184 valence electrons. The fraction of sp³-hybridized carbons (Fsp3) is 0.700. The Labute approximate surface area is 198 Å². The van der Waals surface area contributed by atoms with Gasteiger partial charge in [-0.05, 0) is 26.7 Å². The number of hydrogen-bond acceptors (Lipinski definition) is 10. The monoisotopic (exact) mass is 500 g/mol. The molecule has 0 amide bonds. The molecule has 1 aliphatic rings. The van der Waals surface area contributed by atoms with Crippen molar-refractivity contribution in [2.24, 2.45) is 5.41 Å². The van der Waals surface area contributed by atoms with Crippen LogP contribution < -0.4 is 10.8 Å². The molecule has 1 aliphatic heterocycles. The molecule has 33 heavy (non-hydrogen) atoms. The van der Waals surface area contributed by atoms with Gasteiger partial charge in [0.1, 0.15) is 18.1 Å². The van der Waals surface area contributed by atoms with Gasteiger partial charge < -0.3 is 10.5 Å². The summed E-state index contributed by atoms with van der Waals surface area (Å²) >= 11 is 1.17. The lowest BCUT2D eigenvalue weighted by molar-refractivity contribution is -0.117.